The number of hydrogen-bond donors (Lipinski definition) is 1. The van der Waals surface area contributed by atoms with Gasteiger partial charge >= 0.3 is 0 Å². The van der Waals surface area contributed by atoms with Crippen molar-refractivity contribution in [2.45, 2.75) is 6.54 Å². The second-order valence-electron chi connectivity index (χ2n) is 4.05. The van der Waals surface area contributed by atoms with Gasteiger partial charge in [-0.15, -0.1) is 0 Å². The highest BCUT2D eigenvalue weighted by atomic mass is 79.9. The summed E-state index contributed by atoms with van der Waals surface area (Å²) in [7, 11) is 0. The van der Waals surface area contributed by atoms with E-state index < -0.39 is 0 Å². The Labute approximate surface area is 113 Å². The Balaban J connectivity index is 2.11. The summed E-state index contributed by atoms with van der Waals surface area (Å²) in [6.45, 7) is 0.680. The number of hydrogen-bond acceptors (Lipinski definition) is 3. The number of fused-ring (bicyclic) bond motifs is 1. The lowest BCUT2D eigenvalue weighted by Crippen LogP contribution is -2.01. The fourth-order valence-electron chi connectivity index (χ4n) is 1.99. The van der Waals surface area contributed by atoms with Gasteiger partial charge < -0.3 is 5.73 Å². The lowest BCUT2D eigenvalue weighted by Gasteiger charge is -2.03. The lowest BCUT2D eigenvalue weighted by atomic mass is 10.2. The SMILES string of the molecule is Nc1cccc2c1c(Br)nn2Cc1cccnc1. The molecule has 18 heavy (non-hydrogen) atoms. The van der Waals surface area contributed by atoms with Crippen molar-refractivity contribution in [3.8, 4) is 0 Å². The highest BCUT2D eigenvalue weighted by Crippen LogP contribution is 2.28. The van der Waals surface area contributed by atoms with Crippen LogP contribution >= 0.6 is 15.9 Å². The van der Waals surface area contributed by atoms with Gasteiger partial charge in [0, 0.05) is 18.1 Å². The Bertz CT molecular complexity index is 691. The van der Waals surface area contributed by atoms with Crippen molar-refractivity contribution in [2.75, 3.05) is 5.73 Å². The van der Waals surface area contributed by atoms with Crippen molar-refractivity contribution in [1.82, 2.24) is 14.8 Å². The van der Waals surface area contributed by atoms with Crippen LogP contribution in [0.25, 0.3) is 10.9 Å². The molecule has 0 radical (unpaired) electrons. The summed E-state index contributed by atoms with van der Waals surface area (Å²) in [5, 5.41) is 5.43. The fourth-order valence-corrected chi connectivity index (χ4v) is 2.62. The molecular formula is C13H11BrN4. The summed E-state index contributed by atoms with van der Waals surface area (Å²) in [5.41, 5.74) is 8.83. The van der Waals surface area contributed by atoms with Gasteiger partial charge in [0.05, 0.1) is 17.4 Å². The number of anilines is 1. The standard InChI is InChI=1S/C13H11BrN4/c14-13-12-10(15)4-1-5-11(12)18(17-13)8-9-3-2-6-16-7-9/h1-7H,8,15H2. The van der Waals surface area contributed by atoms with Crippen LogP contribution in [-0.4, -0.2) is 14.8 Å². The normalized spacial score (nSPS) is 10.9. The second kappa shape index (κ2) is 4.42. The van der Waals surface area contributed by atoms with Gasteiger partial charge in [-0.05, 0) is 39.7 Å². The van der Waals surface area contributed by atoms with Gasteiger partial charge in [0.2, 0.25) is 0 Å². The van der Waals surface area contributed by atoms with E-state index in [0.29, 0.717) is 6.54 Å². The first-order chi connectivity index (χ1) is 8.75. The minimum absolute atomic E-state index is 0.680. The molecule has 0 aliphatic carbocycles. The molecule has 2 heterocycles. The first kappa shape index (κ1) is 11.2. The van der Waals surface area contributed by atoms with Gasteiger partial charge in [0.1, 0.15) is 4.60 Å². The van der Waals surface area contributed by atoms with E-state index in [9.17, 15) is 0 Å². The van der Waals surface area contributed by atoms with E-state index in [1.807, 2.05) is 41.2 Å². The molecule has 2 N–H and O–H groups in total. The van der Waals surface area contributed by atoms with Gasteiger partial charge in [-0.1, -0.05) is 12.1 Å². The molecule has 1 aromatic carbocycles. The smallest absolute Gasteiger partial charge is 0.138 e. The van der Waals surface area contributed by atoms with Gasteiger partial charge in [-0.25, -0.2) is 0 Å². The van der Waals surface area contributed by atoms with Crippen LogP contribution in [0.4, 0.5) is 5.69 Å². The maximum atomic E-state index is 5.97. The summed E-state index contributed by atoms with van der Waals surface area (Å²) < 4.78 is 2.70. The number of nitrogens with two attached hydrogens (primary N) is 1. The van der Waals surface area contributed by atoms with Gasteiger partial charge in [0.15, 0.2) is 0 Å². The summed E-state index contributed by atoms with van der Waals surface area (Å²) >= 11 is 3.45. The molecule has 3 aromatic rings. The number of rotatable bonds is 2. The molecule has 0 unspecified atom stereocenters. The predicted octanol–water partition coefficient (Wildman–Crippen LogP) is 2.82. The first-order valence-corrected chi connectivity index (χ1v) is 6.34. The summed E-state index contributed by atoms with van der Waals surface area (Å²) in [6.07, 6.45) is 3.60. The zero-order chi connectivity index (χ0) is 12.5. The average molecular weight is 303 g/mol. The summed E-state index contributed by atoms with van der Waals surface area (Å²) in [4.78, 5) is 4.11. The van der Waals surface area contributed by atoms with Crippen molar-refractivity contribution >= 4 is 32.5 Å². The Hall–Kier alpha value is -1.88. The molecule has 90 valence electrons. The quantitative estimate of drug-likeness (QED) is 0.741. The minimum Gasteiger partial charge on any atom is -0.398 e. The molecule has 0 fully saturated rings. The van der Waals surface area contributed by atoms with Gasteiger partial charge in [-0.3, -0.25) is 9.67 Å². The molecule has 3 rings (SSSR count). The van der Waals surface area contributed by atoms with E-state index in [2.05, 4.69) is 26.0 Å². The van der Waals surface area contributed by atoms with Crippen LogP contribution in [-0.2, 0) is 6.54 Å². The van der Waals surface area contributed by atoms with Crippen LogP contribution in [0, 0.1) is 0 Å². The van der Waals surface area contributed by atoms with Crippen molar-refractivity contribution in [2.24, 2.45) is 0 Å². The maximum Gasteiger partial charge on any atom is 0.138 e. The van der Waals surface area contributed by atoms with E-state index in [0.717, 1.165) is 26.8 Å². The number of pyridine rings is 1. The number of aromatic nitrogens is 3. The average Bonchev–Trinajstić information content (AvgIpc) is 2.69. The molecule has 0 aliphatic rings. The molecule has 0 bridgehead atoms. The van der Waals surface area contributed by atoms with Crippen LogP contribution in [0.3, 0.4) is 0 Å². The lowest BCUT2D eigenvalue weighted by molar-refractivity contribution is 0.704. The molecule has 4 nitrogen and oxygen atoms in total. The van der Waals surface area contributed by atoms with Gasteiger partial charge in [-0.2, -0.15) is 5.10 Å². The zero-order valence-electron chi connectivity index (χ0n) is 9.55. The van der Waals surface area contributed by atoms with E-state index in [1.165, 1.54) is 0 Å². The Morgan fingerprint density at radius 2 is 2.11 bits per heavy atom. The third kappa shape index (κ3) is 1.86. The number of nitrogens with zero attached hydrogens (tertiary/aromatic N) is 3. The van der Waals surface area contributed by atoms with Crippen molar-refractivity contribution in [1.29, 1.82) is 0 Å². The monoisotopic (exact) mass is 302 g/mol. The summed E-state index contributed by atoms with van der Waals surface area (Å²) in [5.74, 6) is 0. The molecule has 0 aliphatic heterocycles. The third-order valence-corrected chi connectivity index (χ3v) is 3.38. The molecule has 0 spiro atoms. The van der Waals surface area contributed by atoms with Crippen molar-refractivity contribution < 1.29 is 0 Å². The minimum atomic E-state index is 0.680. The molecular weight excluding hydrogens is 292 g/mol. The highest BCUT2D eigenvalue weighted by Gasteiger charge is 2.10. The molecule has 0 atom stereocenters. The maximum absolute atomic E-state index is 5.97. The van der Waals surface area contributed by atoms with Crippen LogP contribution in [0.2, 0.25) is 0 Å². The highest BCUT2D eigenvalue weighted by molar-refractivity contribution is 9.10. The van der Waals surface area contributed by atoms with Crippen LogP contribution in [0.15, 0.2) is 47.3 Å². The Kier molecular flexibility index (Phi) is 2.76. The van der Waals surface area contributed by atoms with Crippen LogP contribution in [0.1, 0.15) is 5.56 Å². The summed E-state index contributed by atoms with van der Waals surface area (Å²) in [6, 6.07) is 9.78. The van der Waals surface area contributed by atoms with Crippen molar-refractivity contribution in [3.05, 3.63) is 52.9 Å². The van der Waals surface area contributed by atoms with E-state index in [4.69, 9.17) is 5.73 Å². The zero-order valence-corrected chi connectivity index (χ0v) is 11.1. The van der Waals surface area contributed by atoms with Gasteiger partial charge in [0.25, 0.3) is 0 Å². The first-order valence-electron chi connectivity index (χ1n) is 5.55. The predicted molar refractivity (Wildman–Crippen MR) is 75.2 cm³/mol. The number of benzene rings is 1. The molecule has 5 heteroatoms. The Morgan fingerprint density at radius 3 is 2.89 bits per heavy atom. The van der Waals surface area contributed by atoms with E-state index in [-0.39, 0.29) is 0 Å². The molecule has 2 aromatic heterocycles. The molecule has 0 saturated carbocycles. The Morgan fingerprint density at radius 1 is 1.22 bits per heavy atom. The van der Waals surface area contributed by atoms with E-state index >= 15 is 0 Å². The van der Waals surface area contributed by atoms with Crippen LogP contribution < -0.4 is 5.73 Å². The fraction of sp³-hybridized carbons (Fsp3) is 0.0769. The number of nitrogen functional groups attached to an aromatic ring is 1. The number of halogens is 1. The topological polar surface area (TPSA) is 56.7 Å². The van der Waals surface area contributed by atoms with E-state index in [1.54, 1.807) is 6.20 Å². The van der Waals surface area contributed by atoms with Crippen molar-refractivity contribution in [3.63, 3.8) is 0 Å². The second-order valence-corrected chi connectivity index (χ2v) is 4.80. The van der Waals surface area contributed by atoms with Crippen LogP contribution in [0.5, 0.6) is 0 Å². The molecule has 0 amide bonds. The largest absolute Gasteiger partial charge is 0.398 e. The molecule has 0 saturated heterocycles. The third-order valence-electron chi connectivity index (χ3n) is 2.82.